The van der Waals surface area contributed by atoms with E-state index >= 15 is 0 Å². The van der Waals surface area contributed by atoms with Crippen molar-refractivity contribution in [1.29, 1.82) is 15.8 Å². The van der Waals surface area contributed by atoms with E-state index in [4.69, 9.17) is 20.5 Å². The molecule has 10 nitrogen and oxygen atoms in total. The van der Waals surface area contributed by atoms with Crippen molar-refractivity contribution in [3.05, 3.63) is 63.4 Å². The first-order valence-corrected chi connectivity index (χ1v) is 9.93. The van der Waals surface area contributed by atoms with Gasteiger partial charge in [0.25, 0.3) is 0 Å². The summed E-state index contributed by atoms with van der Waals surface area (Å²) in [6.45, 7) is 1.61. The second kappa shape index (κ2) is 10.4. The summed E-state index contributed by atoms with van der Waals surface area (Å²) in [7, 11) is 1.53. The van der Waals surface area contributed by atoms with Crippen LogP contribution >= 0.6 is 0 Å². The summed E-state index contributed by atoms with van der Waals surface area (Å²) in [5.74, 6) is 0.591. The van der Waals surface area contributed by atoms with Gasteiger partial charge in [-0.25, -0.2) is 4.68 Å². The van der Waals surface area contributed by atoms with Crippen molar-refractivity contribution >= 4 is 23.1 Å². The molecule has 0 amide bonds. The Morgan fingerprint density at radius 2 is 1.85 bits per heavy atom. The fourth-order valence-electron chi connectivity index (χ4n) is 3.14. The SMILES string of the molecule is COc1cc(CCC#N)cc(C)c1Nc1nc(Nc2ccc(C#N)cc2)c(=O)n(CC#N)n1. The van der Waals surface area contributed by atoms with Gasteiger partial charge in [-0.1, -0.05) is 6.07 Å². The molecule has 0 saturated heterocycles. The quantitative estimate of drug-likeness (QED) is 0.537. The van der Waals surface area contributed by atoms with Crippen LogP contribution in [0.1, 0.15) is 23.1 Å². The van der Waals surface area contributed by atoms with Gasteiger partial charge in [0, 0.05) is 12.1 Å². The average Bonchev–Trinajstić information content (AvgIpc) is 2.82. The molecule has 1 heterocycles. The van der Waals surface area contributed by atoms with E-state index in [-0.39, 0.29) is 18.3 Å². The maximum absolute atomic E-state index is 12.7. The number of aromatic nitrogens is 3. The minimum Gasteiger partial charge on any atom is -0.495 e. The van der Waals surface area contributed by atoms with Crippen LogP contribution in [-0.4, -0.2) is 21.9 Å². The minimum absolute atomic E-state index is 0.0327. The summed E-state index contributed by atoms with van der Waals surface area (Å²) < 4.78 is 6.51. The Balaban J connectivity index is 1.99. The Labute approximate surface area is 190 Å². The second-order valence-corrected chi connectivity index (χ2v) is 6.99. The van der Waals surface area contributed by atoms with E-state index in [2.05, 4.69) is 26.8 Å². The number of hydrogen-bond acceptors (Lipinski definition) is 9. The third-order valence-electron chi connectivity index (χ3n) is 4.71. The molecule has 0 bridgehead atoms. The van der Waals surface area contributed by atoms with Crippen LogP contribution < -0.4 is 20.9 Å². The van der Waals surface area contributed by atoms with Crippen LogP contribution in [0.5, 0.6) is 5.75 Å². The Hall–Kier alpha value is -4.88. The van der Waals surface area contributed by atoms with Crippen LogP contribution in [0, 0.1) is 40.9 Å². The molecule has 3 aromatic rings. The average molecular weight is 440 g/mol. The highest BCUT2D eigenvalue weighted by Gasteiger charge is 2.15. The van der Waals surface area contributed by atoms with Crippen LogP contribution in [-0.2, 0) is 13.0 Å². The minimum atomic E-state index is -0.568. The zero-order valence-corrected chi connectivity index (χ0v) is 18.1. The predicted molar refractivity (Wildman–Crippen MR) is 121 cm³/mol. The van der Waals surface area contributed by atoms with Gasteiger partial charge in [0.05, 0.1) is 36.6 Å². The molecule has 0 atom stereocenters. The molecule has 3 rings (SSSR count). The van der Waals surface area contributed by atoms with E-state index in [1.54, 1.807) is 24.3 Å². The molecule has 2 N–H and O–H groups in total. The highest BCUT2D eigenvalue weighted by atomic mass is 16.5. The first-order valence-electron chi connectivity index (χ1n) is 9.93. The molecule has 0 spiro atoms. The Bertz CT molecular complexity index is 1340. The fourth-order valence-corrected chi connectivity index (χ4v) is 3.14. The van der Waals surface area contributed by atoms with E-state index in [1.807, 2.05) is 31.2 Å². The second-order valence-electron chi connectivity index (χ2n) is 6.99. The number of rotatable bonds is 8. The Morgan fingerprint density at radius 1 is 1.09 bits per heavy atom. The molecule has 1 aromatic heterocycles. The maximum atomic E-state index is 12.7. The number of nitriles is 3. The summed E-state index contributed by atoms with van der Waals surface area (Å²) in [5.41, 5.74) is 2.86. The molecular formula is C23H20N8O2. The smallest absolute Gasteiger partial charge is 0.310 e. The molecule has 2 aromatic carbocycles. The number of aryl methyl sites for hydroxylation is 2. The van der Waals surface area contributed by atoms with E-state index < -0.39 is 5.56 Å². The molecule has 10 heteroatoms. The number of methoxy groups -OCH3 is 1. The third kappa shape index (κ3) is 5.43. The van der Waals surface area contributed by atoms with Gasteiger partial charge < -0.3 is 15.4 Å². The Kier molecular flexibility index (Phi) is 7.20. The number of hydrogen-bond donors (Lipinski definition) is 2. The normalized spacial score (nSPS) is 9.91. The topological polar surface area (TPSA) is 152 Å². The van der Waals surface area contributed by atoms with Crippen LogP contribution in [0.2, 0.25) is 0 Å². The zero-order valence-electron chi connectivity index (χ0n) is 18.1. The first kappa shape index (κ1) is 22.8. The molecule has 0 aliphatic heterocycles. The molecule has 0 fully saturated rings. The van der Waals surface area contributed by atoms with E-state index in [9.17, 15) is 4.79 Å². The summed E-state index contributed by atoms with van der Waals surface area (Å²) in [6.07, 6.45) is 0.984. The molecular weight excluding hydrogens is 420 g/mol. The van der Waals surface area contributed by atoms with Crippen molar-refractivity contribution in [2.24, 2.45) is 0 Å². The first-order chi connectivity index (χ1) is 16.0. The lowest BCUT2D eigenvalue weighted by Crippen LogP contribution is -2.27. The van der Waals surface area contributed by atoms with Gasteiger partial charge in [-0.3, -0.25) is 4.79 Å². The van der Waals surface area contributed by atoms with Crippen LogP contribution in [0.3, 0.4) is 0 Å². The maximum Gasteiger partial charge on any atom is 0.310 e. The lowest BCUT2D eigenvalue weighted by molar-refractivity contribution is 0.416. The van der Waals surface area contributed by atoms with Crippen molar-refractivity contribution in [2.75, 3.05) is 17.7 Å². The number of nitrogens with one attached hydrogen (secondary N) is 2. The van der Waals surface area contributed by atoms with Crippen LogP contribution in [0.15, 0.2) is 41.2 Å². The third-order valence-corrected chi connectivity index (χ3v) is 4.71. The largest absolute Gasteiger partial charge is 0.495 e. The number of nitrogens with zero attached hydrogens (tertiary/aromatic N) is 6. The zero-order chi connectivity index (χ0) is 23.8. The molecule has 0 unspecified atom stereocenters. The fraction of sp³-hybridized carbons (Fsp3) is 0.217. The number of benzene rings is 2. The van der Waals surface area contributed by atoms with Gasteiger partial charge in [0.15, 0.2) is 0 Å². The van der Waals surface area contributed by atoms with Crippen molar-refractivity contribution in [2.45, 2.75) is 26.3 Å². The lowest BCUT2D eigenvalue weighted by atomic mass is 10.0. The molecule has 0 aliphatic carbocycles. The van der Waals surface area contributed by atoms with Gasteiger partial charge in [-0.05, 0) is 54.8 Å². The number of ether oxygens (including phenoxy) is 1. The van der Waals surface area contributed by atoms with Gasteiger partial charge in [-0.2, -0.15) is 20.8 Å². The lowest BCUT2D eigenvalue weighted by Gasteiger charge is -2.16. The van der Waals surface area contributed by atoms with E-state index in [0.29, 0.717) is 35.5 Å². The monoisotopic (exact) mass is 440 g/mol. The highest BCUT2D eigenvalue weighted by Crippen LogP contribution is 2.32. The molecule has 0 aliphatic rings. The molecule has 0 radical (unpaired) electrons. The van der Waals surface area contributed by atoms with Crippen molar-refractivity contribution in [3.63, 3.8) is 0 Å². The standard InChI is InChI=1S/C23H20N8O2/c1-15-12-17(4-3-9-24)13-19(33-2)20(15)28-23-29-21(22(32)31(30-23)11-10-25)27-18-7-5-16(14-26)6-8-18/h5-8,12-13H,3-4,11H2,1-2H3,(H2,27,28,29,30). The predicted octanol–water partition coefficient (Wildman–Crippen LogP) is 3.29. The van der Waals surface area contributed by atoms with E-state index in [0.717, 1.165) is 15.8 Å². The molecule has 164 valence electrons. The van der Waals surface area contributed by atoms with Crippen LogP contribution in [0.4, 0.5) is 23.1 Å². The summed E-state index contributed by atoms with van der Waals surface area (Å²) in [5, 5.41) is 37.1. The summed E-state index contributed by atoms with van der Waals surface area (Å²) >= 11 is 0. The van der Waals surface area contributed by atoms with Crippen molar-refractivity contribution in [1.82, 2.24) is 14.8 Å². The van der Waals surface area contributed by atoms with Crippen LogP contribution in [0.25, 0.3) is 0 Å². The van der Waals surface area contributed by atoms with Gasteiger partial charge in [0.1, 0.15) is 12.3 Å². The van der Waals surface area contributed by atoms with Gasteiger partial charge in [0.2, 0.25) is 11.8 Å². The number of anilines is 4. The van der Waals surface area contributed by atoms with Gasteiger partial charge in [-0.15, -0.1) is 5.10 Å². The summed E-state index contributed by atoms with van der Waals surface area (Å²) in [4.78, 5) is 17.0. The Morgan fingerprint density at radius 3 is 2.48 bits per heavy atom. The van der Waals surface area contributed by atoms with Crippen molar-refractivity contribution in [3.8, 4) is 24.0 Å². The summed E-state index contributed by atoms with van der Waals surface area (Å²) in [6, 6.07) is 16.3. The molecule has 33 heavy (non-hydrogen) atoms. The van der Waals surface area contributed by atoms with E-state index in [1.165, 1.54) is 7.11 Å². The highest BCUT2D eigenvalue weighted by molar-refractivity contribution is 5.68. The van der Waals surface area contributed by atoms with Crippen molar-refractivity contribution < 1.29 is 4.74 Å². The van der Waals surface area contributed by atoms with Gasteiger partial charge >= 0.3 is 5.56 Å². The molecule has 0 saturated carbocycles.